The van der Waals surface area contributed by atoms with E-state index >= 15 is 0 Å². The summed E-state index contributed by atoms with van der Waals surface area (Å²) < 4.78 is 0. The van der Waals surface area contributed by atoms with Crippen molar-refractivity contribution in [2.75, 3.05) is 0 Å². The lowest BCUT2D eigenvalue weighted by Crippen LogP contribution is -2.47. The van der Waals surface area contributed by atoms with Crippen molar-refractivity contribution in [3.05, 3.63) is 53.3 Å². The Balaban J connectivity index is 1.62. The van der Waals surface area contributed by atoms with Gasteiger partial charge in [-0.15, -0.1) is 0 Å². The van der Waals surface area contributed by atoms with Gasteiger partial charge in [0, 0.05) is 0 Å². The van der Waals surface area contributed by atoms with E-state index < -0.39 is 8.07 Å². The van der Waals surface area contributed by atoms with E-state index in [0.717, 1.165) is 6.42 Å². The molecule has 0 fully saturated rings. The zero-order chi connectivity index (χ0) is 25.2. The SMILES string of the molecule is CCCCCCCCCCCCCCCCCC[Si](C)(C1=CCC=C1C(C)CC)c1ccccc1. The van der Waals surface area contributed by atoms with Gasteiger partial charge in [0.1, 0.15) is 8.07 Å². The highest BCUT2D eigenvalue weighted by atomic mass is 28.3. The van der Waals surface area contributed by atoms with E-state index in [1.54, 1.807) is 16.0 Å². The minimum absolute atomic E-state index is 0.699. The molecular formula is C34H58Si. The predicted molar refractivity (Wildman–Crippen MR) is 162 cm³/mol. The van der Waals surface area contributed by atoms with Crippen molar-refractivity contribution < 1.29 is 0 Å². The van der Waals surface area contributed by atoms with Gasteiger partial charge in [0.2, 0.25) is 0 Å². The van der Waals surface area contributed by atoms with Crippen LogP contribution in [-0.2, 0) is 0 Å². The molecule has 0 saturated carbocycles. The van der Waals surface area contributed by atoms with Crippen LogP contribution >= 0.6 is 0 Å². The van der Waals surface area contributed by atoms with Gasteiger partial charge in [0.25, 0.3) is 0 Å². The van der Waals surface area contributed by atoms with E-state index in [4.69, 9.17) is 0 Å². The average molecular weight is 495 g/mol. The number of hydrogen-bond donors (Lipinski definition) is 0. The Hall–Kier alpha value is -1.08. The van der Waals surface area contributed by atoms with Gasteiger partial charge in [0.05, 0.1) is 0 Å². The second-order valence-electron chi connectivity index (χ2n) is 11.6. The summed E-state index contributed by atoms with van der Waals surface area (Å²) in [6.07, 6.45) is 30.7. The van der Waals surface area contributed by atoms with Crippen molar-refractivity contribution in [1.29, 1.82) is 0 Å². The molecule has 0 radical (unpaired) electrons. The summed E-state index contributed by atoms with van der Waals surface area (Å²) in [5.74, 6) is 0.699. The monoisotopic (exact) mass is 494 g/mol. The van der Waals surface area contributed by atoms with Crippen LogP contribution in [0.4, 0.5) is 0 Å². The van der Waals surface area contributed by atoms with Crippen molar-refractivity contribution in [1.82, 2.24) is 0 Å². The summed E-state index contributed by atoms with van der Waals surface area (Å²) in [6, 6.07) is 13.0. The maximum Gasteiger partial charge on any atom is 0.115 e. The summed E-state index contributed by atoms with van der Waals surface area (Å²) in [5.41, 5.74) is 1.68. The van der Waals surface area contributed by atoms with Gasteiger partial charge in [0.15, 0.2) is 0 Å². The third kappa shape index (κ3) is 10.8. The lowest BCUT2D eigenvalue weighted by molar-refractivity contribution is 0.531. The molecule has 0 aliphatic heterocycles. The molecule has 1 aliphatic rings. The first-order valence-corrected chi connectivity index (χ1v) is 18.3. The number of allylic oxidation sites excluding steroid dienone is 4. The van der Waals surface area contributed by atoms with Gasteiger partial charge in [-0.3, -0.25) is 0 Å². The van der Waals surface area contributed by atoms with E-state index in [9.17, 15) is 0 Å². The Morgan fingerprint density at radius 3 is 1.63 bits per heavy atom. The summed E-state index contributed by atoms with van der Waals surface area (Å²) in [6.45, 7) is 9.73. The molecule has 1 heteroatoms. The van der Waals surface area contributed by atoms with Gasteiger partial charge in [-0.2, -0.15) is 0 Å². The molecule has 2 unspecified atom stereocenters. The molecular weight excluding hydrogens is 436 g/mol. The van der Waals surface area contributed by atoms with Crippen LogP contribution in [0.15, 0.2) is 53.3 Å². The smallest absolute Gasteiger partial charge is 0.0808 e. The lowest BCUT2D eigenvalue weighted by atomic mass is 10.00. The van der Waals surface area contributed by atoms with Crippen LogP contribution in [0.2, 0.25) is 12.6 Å². The summed E-state index contributed by atoms with van der Waals surface area (Å²) >= 11 is 0. The topological polar surface area (TPSA) is 0 Å². The van der Waals surface area contributed by atoms with Crippen molar-refractivity contribution in [2.45, 2.75) is 149 Å². The molecule has 35 heavy (non-hydrogen) atoms. The molecule has 0 saturated heterocycles. The van der Waals surface area contributed by atoms with E-state index in [2.05, 4.69) is 69.8 Å². The Kier molecular flexibility index (Phi) is 15.7. The van der Waals surface area contributed by atoms with Gasteiger partial charge in [-0.25, -0.2) is 0 Å². The fourth-order valence-corrected chi connectivity index (χ4v) is 10.3. The van der Waals surface area contributed by atoms with Gasteiger partial charge >= 0.3 is 0 Å². The van der Waals surface area contributed by atoms with Crippen LogP contribution < -0.4 is 5.19 Å². The summed E-state index contributed by atoms with van der Waals surface area (Å²) in [5, 5.41) is 3.40. The molecule has 2 rings (SSSR count). The Bertz CT molecular complexity index is 715. The third-order valence-corrected chi connectivity index (χ3v) is 13.3. The fraction of sp³-hybridized carbons (Fsp3) is 0.706. The molecule has 0 amide bonds. The van der Waals surface area contributed by atoms with E-state index in [0.29, 0.717) is 5.92 Å². The second kappa shape index (κ2) is 18.2. The van der Waals surface area contributed by atoms with Gasteiger partial charge in [-0.05, 0) is 30.4 Å². The summed E-state index contributed by atoms with van der Waals surface area (Å²) in [7, 11) is -1.65. The maximum atomic E-state index is 2.65. The normalized spacial score (nSPS) is 16.1. The predicted octanol–water partition coefficient (Wildman–Crippen LogP) is 11.1. The number of unbranched alkanes of at least 4 members (excludes halogenated alkanes) is 15. The Labute approximate surface area is 221 Å². The van der Waals surface area contributed by atoms with Gasteiger partial charge < -0.3 is 0 Å². The minimum atomic E-state index is -1.65. The highest BCUT2D eigenvalue weighted by molar-refractivity contribution is 6.97. The Morgan fingerprint density at radius 1 is 0.657 bits per heavy atom. The molecule has 2 atom stereocenters. The molecule has 198 valence electrons. The van der Waals surface area contributed by atoms with E-state index in [-0.39, 0.29) is 0 Å². The summed E-state index contributed by atoms with van der Waals surface area (Å²) in [4.78, 5) is 0. The third-order valence-electron chi connectivity index (χ3n) is 8.65. The highest BCUT2D eigenvalue weighted by Crippen LogP contribution is 2.37. The van der Waals surface area contributed by atoms with Crippen LogP contribution in [0, 0.1) is 5.92 Å². The zero-order valence-electron chi connectivity index (χ0n) is 24.1. The zero-order valence-corrected chi connectivity index (χ0v) is 25.1. The van der Waals surface area contributed by atoms with Crippen LogP contribution in [0.3, 0.4) is 0 Å². The first kappa shape index (κ1) is 30.1. The maximum absolute atomic E-state index is 2.65. The molecule has 0 N–H and O–H groups in total. The highest BCUT2D eigenvalue weighted by Gasteiger charge is 2.36. The largest absolute Gasteiger partial charge is 0.115 e. The second-order valence-corrected chi connectivity index (χ2v) is 15.9. The van der Waals surface area contributed by atoms with E-state index in [1.165, 1.54) is 115 Å². The van der Waals surface area contributed by atoms with Crippen LogP contribution in [0.5, 0.6) is 0 Å². The molecule has 1 aliphatic carbocycles. The van der Waals surface area contributed by atoms with Gasteiger partial charge in [-0.1, -0.05) is 183 Å². The van der Waals surface area contributed by atoms with Crippen LogP contribution in [-0.4, -0.2) is 8.07 Å². The van der Waals surface area contributed by atoms with E-state index in [1.807, 2.05) is 0 Å². The molecule has 0 aromatic heterocycles. The fourth-order valence-electron chi connectivity index (χ4n) is 6.03. The van der Waals surface area contributed by atoms with Crippen LogP contribution in [0.25, 0.3) is 0 Å². The van der Waals surface area contributed by atoms with Crippen molar-refractivity contribution in [3.8, 4) is 0 Å². The molecule has 0 spiro atoms. The van der Waals surface area contributed by atoms with Crippen LogP contribution in [0.1, 0.15) is 136 Å². The minimum Gasteiger partial charge on any atom is -0.0808 e. The lowest BCUT2D eigenvalue weighted by Gasteiger charge is -2.33. The average Bonchev–Trinajstić information content (AvgIpc) is 3.39. The molecule has 1 aromatic rings. The molecule has 1 aromatic carbocycles. The number of rotatable bonds is 21. The quantitative estimate of drug-likeness (QED) is 0.118. The number of hydrogen-bond acceptors (Lipinski definition) is 0. The standard InChI is InChI=1S/C34H58Si/c1-5-7-8-9-10-11-12-13-14-15-16-17-18-19-20-24-30-35(4,32-26-22-21-23-27-32)34-29-25-28-33(34)31(3)6-2/h21-23,26-29,31H,5-20,24-25,30H2,1-4H3. The Morgan fingerprint density at radius 2 is 1.14 bits per heavy atom. The molecule has 0 heterocycles. The first-order valence-electron chi connectivity index (χ1n) is 15.6. The van der Waals surface area contributed by atoms with Crippen molar-refractivity contribution in [3.63, 3.8) is 0 Å². The number of benzene rings is 1. The molecule has 0 nitrogen and oxygen atoms in total. The van der Waals surface area contributed by atoms with Crippen molar-refractivity contribution >= 4 is 13.3 Å². The van der Waals surface area contributed by atoms with Crippen molar-refractivity contribution in [2.24, 2.45) is 5.92 Å². The molecule has 0 bridgehead atoms. The first-order chi connectivity index (χ1) is 17.1.